The van der Waals surface area contributed by atoms with Gasteiger partial charge in [0, 0.05) is 31.0 Å². The number of ether oxygens (including phenoxy) is 1. The second-order valence-corrected chi connectivity index (χ2v) is 4.68. The maximum atomic E-state index is 5.41. The zero-order valence-electron chi connectivity index (χ0n) is 10.9. The minimum Gasteiger partial charge on any atom is -0.381 e. The molecule has 6 nitrogen and oxygen atoms in total. The lowest BCUT2D eigenvalue weighted by atomic mass is 10.0. The average molecular weight is 259 g/mol. The predicted molar refractivity (Wildman–Crippen MR) is 70.9 cm³/mol. The molecular weight excluding hydrogens is 242 g/mol. The van der Waals surface area contributed by atoms with E-state index in [0.717, 1.165) is 42.8 Å². The Morgan fingerprint density at radius 1 is 1.47 bits per heavy atom. The van der Waals surface area contributed by atoms with Crippen molar-refractivity contribution >= 4 is 5.82 Å². The number of anilines is 1. The Bertz CT molecular complexity index is 534. The monoisotopic (exact) mass is 259 g/mol. The van der Waals surface area contributed by atoms with Crippen molar-refractivity contribution in [1.82, 2.24) is 19.9 Å². The molecule has 0 unspecified atom stereocenters. The lowest BCUT2D eigenvalue weighted by Crippen LogP contribution is -2.08. The smallest absolute Gasteiger partial charge is 0.130 e. The fourth-order valence-electron chi connectivity index (χ4n) is 2.23. The second kappa shape index (κ2) is 5.36. The van der Waals surface area contributed by atoms with E-state index < -0.39 is 0 Å². The zero-order valence-corrected chi connectivity index (χ0v) is 10.9. The number of aromatic amines is 1. The summed E-state index contributed by atoms with van der Waals surface area (Å²) in [5.74, 6) is 2.91. The topological polar surface area (TPSA) is 75.7 Å². The summed E-state index contributed by atoms with van der Waals surface area (Å²) in [6, 6.07) is 2.01. The van der Waals surface area contributed by atoms with Crippen molar-refractivity contribution in [3.63, 3.8) is 0 Å². The Kier molecular flexibility index (Phi) is 3.41. The molecule has 0 aromatic carbocycles. The molecule has 0 amide bonds. The van der Waals surface area contributed by atoms with Crippen molar-refractivity contribution < 1.29 is 4.74 Å². The highest BCUT2D eigenvalue weighted by Crippen LogP contribution is 2.25. The summed E-state index contributed by atoms with van der Waals surface area (Å²) >= 11 is 0. The van der Waals surface area contributed by atoms with E-state index in [1.165, 1.54) is 0 Å². The van der Waals surface area contributed by atoms with Gasteiger partial charge < -0.3 is 15.0 Å². The predicted octanol–water partition coefficient (Wildman–Crippen LogP) is 1.62. The zero-order chi connectivity index (χ0) is 13.1. The van der Waals surface area contributed by atoms with Crippen LogP contribution in [0.1, 0.15) is 29.7 Å². The van der Waals surface area contributed by atoms with Gasteiger partial charge in [-0.15, -0.1) is 0 Å². The fraction of sp³-hybridized carbons (Fsp3) is 0.462. The van der Waals surface area contributed by atoms with Crippen LogP contribution in [0.25, 0.3) is 0 Å². The second-order valence-electron chi connectivity index (χ2n) is 4.68. The molecule has 1 saturated heterocycles. The lowest BCUT2D eigenvalue weighted by molar-refractivity contribution is 0.193. The molecule has 0 bridgehead atoms. The summed E-state index contributed by atoms with van der Waals surface area (Å²) < 4.78 is 5.41. The summed E-state index contributed by atoms with van der Waals surface area (Å²) in [4.78, 5) is 16.1. The fourth-order valence-corrected chi connectivity index (χ4v) is 2.23. The quantitative estimate of drug-likeness (QED) is 0.872. The van der Waals surface area contributed by atoms with Gasteiger partial charge in [-0.25, -0.2) is 15.0 Å². The number of aromatic nitrogens is 4. The van der Waals surface area contributed by atoms with Crippen molar-refractivity contribution in [2.75, 3.05) is 18.5 Å². The largest absolute Gasteiger partial charge is 0.381 e. The number of aryl methyl sites for hydroxylation is 1. The summed E-state index contributed by atoms with van der Waals surface area (Å²) in [5, 5.41) is 3.27. The molecule has 2 N–H and O–H groups in total. The Hall–Kier alpha value is -1.95. The maximum absolute atomic E-state index is 5.41. The third-order valence-corrected chi connectivity index (χ3v) is 3.20. The molecule has 1 aliphatic heterocycles. The molecule has 3 rings (SSSR count). The van der Waals surface area contributed by atoms with Crippen LogP contribution in [0, 0.1) is 6.92 Å². The van der Waals surface area contributed by atoms with Gasteiger partial charge in [0.05, 0.1) is 18.8 Å². The number of nitrogens with one attached hydrogen (secondary N) is 2. The molecule has 1 aliphatic rings. The first kappa shape index (κ1) is 12.1. The van der Waals surface area contributed by atoms with Crippen molar-refractivity contribution in [2.24, 2.45) is 0 Å². The van der Waals surface area contributed by atoms with Crippen LogP contribution in [0.4, 0.5) is 5.82 Å². The van der Waals surface area contributed by atoms with E-state index in [2.05, 4.69) is 25.3 Å². The molecule has 2 aromatic rings. The first-order valence-electron chi connectivity index (χ1n) is 6.47. The van der Waals surface area contributed by atoms with Crippen LogP contribution >= 0.6 is 0 Å². The van der Waals surface area contributed by atoms with Crippen LogP contribution in [0.2, 0.25) is 0 Å². The maximum Gasteiger partial charge on any atom is 0.130 e. The third-order valence-electron chi connectivity index (χ3n) is 3.20. The van der Waals surface area contributed by atoms with Crippen LogP contribution in [0.15, 0.2) is 18.5 Å². The van der Waals surface area contributed by atoms with E-state index in [4.69, 9.17) is 4.74 Å². The van der Waals surface area contributed by atoms with Crippen LogP contribution in [-0.4, -0.2) is 33.1 Å². The molecule has 19 heavy (non-hydrogen) atoms. The van der Waals surface area contributed by atoms with Crippen LogP contribution in [-0.2, 0) is 11.3 Å². The number of hydrogen-bond acceptors (Lipinski definition) is 5. The van der Waals surface area contributed by atoms with Gasteiger partial charge in [-0.1, -0.05) is 0 Å². The van der Waals surface area contributed by atoms with Gasteiger partial charge in [0.15, 0.2) is 0 Å². The Morgan fingerprint density at radius 3 is 3.16 bits per heavy atom. The minimum absolute atomic E-state index is 0.394. The first-order chi connectivity index (χ1) is 9.31. The Morgan fingerprint density at radius 2 is 2.42 bits per heavy atom. The standard InChI is InChI=1S/C13H17N5O/c1-9-17-11(10-2-5-19-8-10)6-12(18-9)16-7-13-14-3-4-15-13/h3-4,6,10H,2,5,7-8H2,1H3,(H,14,15)(H,16,17,18)/t10-/m1/s1. The van der Waals surface area contributed by atoms with E-state index in [-0.39, 0.29) is 0 Å². The van der Waals surface area contributed by atoms with E-state index >= 15 is 0 Å². The highest BCUT2D eigenvalue weighted by Gasteiger charge is 2.20. The van der Waals surface area contributed by atoms with Crippen LogP contribution in [0.3, 0.4) is 0 Å². The van der Waals surface area contributed by atoms with Crippen molar-refractivity contribution in [3.8, 4) is 0 Å². The molecule has 1 atom stereocenters. The summed E-state index contributed by atoms with van der Waals surface area (Å²) in [5.41, 5.74) is 1.06. The normalized spacial score (nSPS) is 18.7. The number of rotatable bonds is 4. The van der Waals surface area contributed by atoms with Gasteiger partial charge >= 0.3 is 0 Å². The number of hydrogen-bond donors (Lipinski definition) is 2. The van der Waals surface area contributed by atoms with E-state index in [1.807, 2.05) is 19.2 Å². The molecule has 2 aromatic heterocycles. The number of imidazole rings is 1. The average Bonchev–Trinajstić information content (AvgIpc) is 3.09. The van der Waals surface area contributed by atoms with Crippen molar-refractivity contribution in [1.29, 1.82) is 0 Å². The lowest BCUT2D eigenvalue weighted by Gasteiger charge is -2.11. The molecule has 0 saturated carbocycles. The summed E-state index contributed by atoms with van der Waals surface area (Å²) in [6.45, 7) is 4.12. The van der Waals surface area contributed by atoms with Crippen LogP contribution < -0.4 is 5.32 Å². The third kappa shape index (κ3) is 2.90. The van der Waals surface area contributed by atoms with E-state index in [9.17, 15) is 0 Å². The van der Waals surface area contributed by atoms with Crippen LogP contribution in [0.5, 0.6) is 0 Å². The van der Waals surface area contributed by atoms with E-state index in [1.54, 1.807) is 6.20 Å². The molecule has 100 valence electrons. The highest BCUT2D eigenvalue weighted by atomic mass is 16.5. The van der Waals surface area contributed by atoms with Gasteiger partial charge in [0.1, 0.15) is 17.5 Å². The number of nitrogens with zero attached hydrogens (tertiary/aromatic N) is 3. The van der Waals surface area contributed by atoms with Gasteiger partial charge in [0.25, 0.3) is 0 Å². The molecule has 3 heterocycles. The number of H-pyrrole nitrogens is 1. The Labute approximate surface area is 111 Å². The molecule has 0 aliphatic carbocycles. The van der Waals surface area contributed by atoms with Crippen molar-refractivity contribution in [2.45, 2.75) is 25.8 Å². The Balaban J connectivity index is 1.73. The van der Waals surface area contributed by atoms with Crippen molar-refractivity contribution in [3.05, 3.63) is 35.8 Å². The minimum atomic E-state index is 0.394. The molecule has 0 radical (unpaired) electrons. The van der Waals surface area contributed by atoms with Gasteiger partial charge in [-0.05, 0) is 13.3 Å². The van der Waals surface area contributed by atoms with Gasteiger partial charge in [-0.3, -0.25) is 0 Å². The summed E-state index contributed by atoms with van der Waals surface area (Å²) in [7, 11) is 0. The molecular formula is C13H17N5O. The summed E-state index contributed by atoms with van der Waals surface area (Å²) in [6.07, 6.45) is 4.58. The van der Waals surface area contributed by atoms with Gasteiger partial charge in [-0.2, -0.15) is 0 Å². The highest BCUT2D eigenvalue weighted by molar-refractivity contribution is 5.37. The molecule has 6 heteroatoms. The van der Waals surface area contributed by atoms with Gasteiger partial charge in [0.2, 0.25) is 0 Å². The SMILES string of the molecule is Cc1nc(NCc2ncc[nH]2)cc([C@@H]2CCOC2)n1. The first-order valence-corrected chi connectivity index (χ1v) is 6.47. The molecule has 1 fully saturated rings. The van der Waals surface area contributed by atoms with E-state index in [0.29, 0.717) is 12.5 Å². The molecule has 0 spiro atoms.